The number of rotatable bonds is 4. The molecule has 2 aromatic rings. The van der Waals surface area contributed by atoms with Gasteiger partial charge in [-0.3, -0.25) is 10.1 Å². The Morgan fingerprint density at radius 2 is 2.05 bits per heavy atom. The van der Waals surface area contributed by atoms with Gasteiger partial charge in [0.1, 0.15) is 5.82 Å². The average molecular weight is 339 g/mol. The predicted octanol–water partition coefficient (Wildman–Crippen LogP) is 4.42. The number of benzene rings is 2. The first-order chi connectivity index (χ1) is 9.47. The first-order valence-corrected chi connectivity index (χ1v) is 6.69. The molecule has 2 aromatic carbocycles. The van der Waals surface area contributed by atoms with E-state index in [0.29, 0.717) is 11.0 Å². The van der Waals surface area contributed by atoms with Gasteiger partial charge in [0.25, 0.3) is 5.69 Å². The minimum absolute atomic E-state index is 0.0404. The molecule has 104 valence electrons. The highest BCUT2D eigenvalue weighted by atomic mass is 79.9. The number of aryl methyl sites for hydroxylation is 1. The number of nitro groups is 1. The molecule has 2 rings (SSSR count). The molecule has 0 atom stereocenters. The lowest BCUT2D eigenvalue weighted by molar-refractivity contribution is -0.384. The van der Waals surface area contributed by atoms with Crippen LogP contribution < -0.4 is 5.32 Å². The van der Waals surface area contributed by atoms with E-state index < -0.39 is 4.92 Å². The molecule has 0 amide bonds. The molecule has 0 spiro atoms. The number of halogens is 2. The molecule has 6 heteroatoms. The summed E-state index contributed by atoms with van der Waals surface area (Å²) in [6, 6.07) is 9.12. The topological polar surface area (TPSA) is 55.2 Å². The van der Waals surface area contributed by atoms with E-state index in [0.717, 1.165) is 16.8 Å². The number of nitrogens with one attached hydrogen (secondary N) is 1. The van der Waals surface area contributed by atoms with Gasteiger partial charge >= 0.3 is 0 Å². The highest BCUT2D eigenvalue weighted by Gasteiger charge is 2.09. The lowest BCUT2D eigenvalue weighted by atomic mass is 10.1. The van der Waals surface area contributed by atoms with Crippen LogP contribution >= 0.6 is 15.9 Å². The first kappa shape index (κ1) is 14.5. The third-order valence-electron chi connectivity index (χ3n) is 2.91. The molecule has 0 aliphatic carbocycles. The Hall–Kier alpha value is -1.95. The third kappa shape index (κ3) is 3.33. The van der Waals surface area contributed by atoms with E-state index in [1.54, 1.807) is 12.1 Å². The molecule has 0 fully saturated rings. The number of non-ortho nitro benzene ring substituents is 1. The van der Waals surface area contributed by atoms with Crippen LogP contribution in [0.25, 0.3) is 0 Å². The minimum atomic E-state index is -0.438. The van der Waals surface area contributed by atoms with Crippen molar-refractivity contribution in [1.82, 2.24) is 0 Å². The third-order valence-corrected chi connectivity index (χ3v) is 3.64. The Morgan fingerprint density at radius 1 is 1.30 bits per heavy atom. The van der Waals surface area contributed by atoms with Crippen LogP contribution in [-0.4, -0.2) is 4.92 Å². The van der Waals surface area contributed by atoms with Gasteiger partial charge < -0.3 is 5.32 Å². The summed E-state index contributed by atoms with van der Waals surface area (Å²) in [4.78, 5) is 10.2. The van der Waals surface area contributed by atoms with Crippen LogP contribution in [0.1, 0.15) is 11.1 Å². The van der Waals surface area contributed by atoms with Gasteiger partial charge in [-0.25, -0.2) is 4.39 Å². The van der Waals surface area contributed by atoms with E-state index in [-0.39, 0.29) is 11.5 Å². The fourth-order valence-electron chi connectivity index (χ4n) is 1.81. The zero-order chi connectivity index (χ0) is 14.7. The Kier molecular flexibility index (Phi) is 4.34. The zero-order valence-corrected chi connectivity index (χ0v) is 12.3. The first-order valence-electron chi connectivity index (χ1n) is 5.90. The van der Waals surface area contributed by atoms with Gasteiger partial charge in [-0.2, -0.15) is 0 Å². The van der Waals surface area contributed by atoms with Crippen LogP contribution in [0.2, 0.25) is 0 Å². The van der Waals surface area contributed by atoms with Gasteiger partial charge in [0.2, 0.25) is 0 Å². The Labute approximate surface area is 123 Å². The summed E-state index contributed by atoms with van der Waals surface area (Å²) in [5, 5.41) is 13.8. The van der Waals surface area contributed by atoms with E-state index in [9.17, 15) is 14.5 Å². The summed E-state index contributed by atoms with van der Waals surface area (Å²) in [5.41, 5.74) is 2.57. The van der Waals surface area contributed by atoms with Crippen LogP contribution in [0.15, 0.2) is 40.9 Å². The van der Waals surface area contributed by atoms with Gasteiger partial charge in [-0.05, 0) is 42.3 Å². The summed E-state index contributed by atoms with van der Waals surface area (Å²) in [7, 11) is 0. The zero-order valence-electron chi connectivity index (χ0n) is 10.7. The second-order valence-corrected chi connectivity index (χ2v) is 5.20. The van der Waals surface area contributed by atoms with E-state index in [1.165, 1.54) is 24.3 Å². The summed E-state index contributed by atoms with van der Waals surface area (Å²) in [6.07, 6.45) is 0. The molecule has 0 saturated heterocycles. The van der Waals surface area contributed by atoms with Crippen LogP contribution in [0.5, 0.6) is 0 Å². The largest absolute Gasteiger partial charge is 0.381 e. The monoisotopic (exact) mass is 338 g/mol. The van der Waals surface area contributed by atoms with E-state index >= 15 is 0 Å². The smallest absolute Gasteiger partial charge is 0.270 e. The fourth-order valence-corrected chi connectivity index (χ4v) is 2.32. The lowest BCUT2D eigenvalue weighted by Crippen LogP contribution is -2.02. The van der Waals surface area contributed by atoms with E-state index in [1.807, 2.05) is 6.92 Å². The maximum Gasteiger partial charge on any atom is 0.270 e. The van der Waals surface area contributed by atoms with Gasteiger partial charge in [-0.15, -0.1) is 0 Å². The van der Waals surface area contributed by atoms with Crippen molar-refractivity contribution in [3.63, 3.8) is 0 Å². The summed E-state index contributed by atoms with van der Waals surface area (Å²) >= 11 is 3.31. The second-order valence-electron chi connectivity index (χ2n) is 4.35. The molecule has 4 nitrogen and oxygen atoms in total. The number of anilines is 1. The summed E-state index contributed by atoms with van der Waals surface area (Å²) in [6.45, 7) is 2.31. The molecule has 0 aliphatic rings. The second kappa shape index (κ2) is 6.00. The van der Waals surface area contributed by atoms with Crippen LogP contribution in [-0.2, 0) is 6.54 Å². The standard InChI is InChI=1S/C14H12BrFN2O2/c1-9-6-11(16)3-5-14(9)17-8-10-2-4-12(18(19)20)7-13(10)15/h2-7,17H,8H2,1H3. The molecule has 20 heavy (non-hydrogen) atoms. The Balaban J connectivity index is 2.13. The van der Waals surface area contributed by atoms with Crippen molar-refractivity contribution in [2.24, 2.45) is 0 Å². The number of hydrogen-bond donors (Lipinski definition) is 1. The van der Waals surface area contributed by atoms with Crippen molar-refractivity contribution in [3.05, 3.63) is 67.9 Å². The van der Waals surface area contributed by atoms with Crippen molar-refractivity contribution in [3.8, 4) is 0 Å². The van der Waals surface area contributed by atoms with Crippen molar-refractivity contribution >= 4 is 27.3 Å². The maximum atomic E-state index is 13.0. The predicted molar refractivity (Wildman–Crippen MR) is 79.3 cm³/mol. The molecule has 0 bridgehead atoms. The van der Waals surface area contributed by atoms with Crippen molar-refractivity contribution < 1.29 is 9.31 Å². The molecule has 1 N–H and O–H groups in total. The Morgan fingerprint density at radius 3 is 2.65 bits per heavy atom. The van der Waals surface area contributed by atoms with Gasteiger partial charge in [-0.1, -0.05) is 15.9 Å². The highest BCUT2D eigenvalue weighted by Crippen LogP contribution is 2.24. The molecule has 0 aromatic heterocycles. The Bertz CT molecular complexity index is 662. The van der Waals surface area contributed by atoms with Crippen molar-refractivity contribution in [2.45, 2.75) is 13.5 Å². The fraction of sp³-hybridized carbons (Fsp3) is 0.143. The maximum absolute atomic E-state index is 13.0. The van der Waals surface area contributed by atoms with Crippen molar-refractivity contribution in [2.75, 3.05) is 5.32 Å². The van der Waals surface area contributed by atoms with Crippen LogP contribution in [0.4, 0.5) is 15.8 Å². The van der Waals surface area contributed by atoms with Gasteiger partial charge in [0.15, 0.2) is 0 Å². The molecule has 0 saturated carbocycles. The number of nitrogens with zero attached hydrogens (tertiary/aromatic N) is 1. The van der Waals surface area contributed by atoms with Gasteiger partial charge in [0.05, 0.1) is 4.92 Å². The molecular weight excluding hydrogens is 327 g/mol. The van der Waals surface area contributed by atoms with E-state index in [2.05, 4.69) is 21.2 Å². The summed E-state index contributed by atoms with van der Waals surface area (Å²) < 4.78 is 13.7. The quantitative estimate of drug-likeness (QED) is 0.663. The van der Waals surface area contributed by atoms with Crippen molar-refractivity contribution in [1.29, 1.82) is 0 Å². The number of hydrogen-bond acceptors (Lipinski definition) is 3. The highest BCUT2D eigenvalue weighted by molar-refractivity contribution is 9.10. The minimum Gasteiger partial charge on any atom is -0.381 e. The molecule has 0 unspecified atom stereocenters. The molecule has 0 aliphatic heterocycles. The van der Waals surface area contributed by atoms with Crippen LogP contribution in [0, 0.1) is 22.9 Å². The van der Waals surface area contributed by atoms with E-state index in [4.69, 9.17) is 0 Å². The molecule has 0 radical (unpaired) electrons. The molecule has 0 heterocycles. The molecular formula is C14H12BrFN2O2. The SMILES string of the molecule is Cc1cc(F)ccc1NCc1ccc([N+](=O)[O-])cc1Br. The lowest BCUT2D eigenvalue weighted by Gasteiger charge is -2.10. The average Bonchev–Trinajstić information content (AvgIpc) is 2.38. The summed E-state index contributed by atoms with van der Waals surface area (Å²) in [5.74, 6) is -0.274. The normalized spacial score (nSPS) is 10.3. The van der Waals surface area contributed by atoms with Gasteiger partial charge in [0, 0.05) is 28.8 Å². The number of nitro benzene ring substituents is 1. The van der Waals surface area contributed by atoms with Crippen LogP contribution in [0.3, 0.4) is 0 Å².